The summed E-state index contributed by atoms with van der Waals surface area (Å²) in [4.78, 5) is 0. The zero-order valence-electron chi connectivity index (χ0n) is 11.4. The van der Waals surface area contributed by atoms with E-state index in [1.165, 1.54) is 12.0 Å². The molecule has 0 aliphatic carbocycles. The summed E-state index contributed by atoms with van der Waals surface area (Å²) in [5.41, 5.74) is 4.13. The van der Waals surface area contributed by atoms with Gasteiger partial charge in [0.05, 0.1) is 7.11 Å². The van der Waals surface area contributed by atoms with Crippen molar-refractivity contribution in [1.29, 1.82) is 0 Å². The van der Waals surface area contributed by atoms with Gasteiger partial charge in [-0.1, -0.05) is 29.8 Å². The average molecular weight is 315 g/mol. The van der Waals surface area contributed by atoms with E-state index in [2.05, 4.69) is 41.3 Å². The Hall–Kier alpha value is -0.580. The highest BCUT2D eigenvalue weighted by Gasteiger charge is 2.11. The zero-order valence-corrected chi connectivity index (χ0v) is 13.0. The van der Waals surface area contributed by atoms with Gasteiger partial charge in [-0.3, -0.25) is 11.3 Å². The third kappa shape index (κ3) is 4.96. The summed E-state index contributed by atoms with van der Waals surface area (Å²) in [6.45, 7) is 4.46. The van der Waals surface area contributed by atoms with Crippen LogP contribution in [-0.4, -0.2) is 13.2 Å². The SMILES string of the molecule is COc1ccc(Br)c(CC(CCC(C)C)NN)c1. The summed E-state index contributed by atoms with van der Waals surface area (Å²) >= 11 is 3.57. The second-order valence-electron chi connectivity index (χ2n) is 5.00. The molecule has 1 aromatic carbocycles. The monoisotopic (exact) mass is 314 g/mol. The number of halogens is 1. The second-order valence-corrected chi connectivity index (χ2v) is 5.85. The van der Waals surface area contributed by atoms with Gasteiger partial charge in [0.25, 0.3) is 0 Å². The number of benzene rings is 1. The highest BCUT2D eigenvalue weighted by molar-refractivity contribution is 9.10. The van der Waals surface area contributed by atoms with E-state index in [4.69, 9.17) is 10.6 Å². The van der Waals surface area contributed by atoms with Crippen LogP contribution >= 0.6 is 15.9 Å². The van der Waals surface area contributed by atoms with Gasteiger partial charge in [0.2, 0.25) is 0 Å². The number of nitrogens with two attached hydrogens (primary N) is 1. The standard InChI is InChI=1S/C14H23BrN2O/c1-10(2)4-5-12(17-16)8-11-9-13(18-3)6-7-14(11)15/h6-7,9-10,12,17H,4-5,8,16H2,1-3H3. The van der Waals surface area contributed by atoms with Gasteiger partial charge in [-0.15, -0.1) is 0 Å². The van der Waals surface area contributed by atoms with Crippen molar-refractivity contribution in [3.63, 3.8) is 0 Å². The molecule has 0 radical (unpaired) electrons. The molecule has 0 aromatic heterocycles. The van der Waals surface area contributed by atoms with Gasteiger partial charge in [0, 0.05) is 10.5 Å². The lowest BCUT2D eigenvalue weighted by molar-refractivity contribution is 0.411. The first-order valence-corrected chi connectivity index (χ1v) is 7.14. The van der Waals surface area contributed by atoms with Gasteiger partial charge < -0.3 is 4.74 Å². The number of rotatable bonds is 7. The molecule has 1 atom stereocenters. The molecule has 3 N–H and O–H groups in total. The van der Waals surface area contributed by atoms with Gasteiger partial charge in [-0.2, -0.15) is 0 Å². The minimum Gasteiger partial charge on any atom is -0.497 e. The number of ether oxygens (including phenoxy) is 1. The Kier molecular flexibility index (Phi) is 6.68. The largest absolute Gasteiger partial charge is 0.497 e. The molecule has 0 fully saturated rings. The van der Waals surface area contributed by atoms with E-state index in [0.717, 1.165) is 23.1 Å². The molecule has 0 aliphatic rings. The Bertz CT molecular complexity index is 369. The number of methoxy groups -OCH3 is 1. The van der Waals surface area contributed by atoms with Gasteiger partial charge in [-0.25, -0.2) is 0 Å². The van der Waals surface area contributed by atoms with Crippen molar-refractivity contribution in [2.45, 2.75) is 39.2 Å². The van der Waals surface area contributed by atoms with Crippen LogP contribution in [-0.2, 0) is 6.42 Å². The van der Waals surface area contributed by atoms with E-state index in [1.807, 2.05) is 12.1 Å². The van der Waals surface area contributed by atoms with E-state index in [-0.39, 0.29) is 0 Å². The highest BCUT2D eigenvalue weighted by Crippen LogP contribution is 2.24. The van der Waals surface area contributed by atoms with Crippen LogP contribution in [0.1, 0.15) is 32.3 Å². The summed E-state index contributed by atoms with van der Waals surface area (Å²) < 4.78 is 6.36. The van der Waals surface area contributed by atoms with Gasteiger partial charge in [0.1, 0.15) is 5.75 Å². The lowest BCUT2D eigenvalue weighted by Crippen LogP contribution is -2.37. The van der Waals surface area contributed by atoms with Crippen LogP contribution < -0.4 is 16.0 Å². The Balaban J connectivity index is 2.68. The predicted octanol–water partition coefficient (Wildman–Crippen LogP) is 3.27. The molecule has 0 amide bonds. The molecule has 4 heteroatoms. The second kappa shape index (κ2) is 7.77. The van der Waals surface area contributed by atoms with Crippen molar-refractivity contribution in [3.8, 4) is 5.75 Å². The molecule has 0 saturated carbocycles. The fourth-order valence-electron chi connectivity index (χ4n) is 1.88. The Morgan fingerprint density at radius 1 is 1.33 bits per heavy atom. The lowest BCUT2D eigenvalue weighted by atomic mass is 9.98. The van der Waals surface area contributed by atoms with Gasteiger partial charge >= 0.3 is 0 Å². The number of hydrazine groups is 1. The zero-order chi connectivity index (χ0) is 13.5. The molecular weight excluding hydrogens is 292 g/mol. The predicted molar refractivity (Wildman–Crippen MR) is 79.6 cm³/mol. The first-order valence-electron chi connectivity index (χ1n) is 6.35. The van der Waals surface area contributed by atoms with Crippen LogP contribution in [0, 0.1) is 5.92 Å². The van der Waals surface area contributed by atoms with E-state index >= 15 is 0 Å². The minimum atomic E-state index is 0.302. The van der Waals surface area contributed by atoms with Crippen LogP contribution in [0.2, 0.25) is 0 Å². The van der Waals surface area contributed by atoms with E-state index in [1.54, 1.807) is 7.11 Å². The molecule has 1 aromatic rings. The Morgan fingerprint density at radius 2 is 2.06 bits per heavy atom. The molecule has 1 unspecified atom stereocenters. The molecule has 0 spiro atoms. The van der Waals surface area contributed by atoms with Crippen LogP contribution in [0.3, 0.4) is 0 Å². The van der Waals surface area contributed by atoms with Crippen LogP contribution in [0.4, 0.5) is 0 Å². The molecule has 0 heterocycles. The molecule has 3 nitrogen and oxygen atoms in total. The summed E-state index contributed by atoms with van der Waals surface area (Å²) in [5, 5.41) is 0. The summed E-state index contributed by atoms with van der Waals surface area (Å²) in [6, 6.07) is 6.33. The van der Waals surface area contributed by atoms with Crippen LogP contribution in [0.25, 0.3) is 0 Å². The van der Waals surface area contributed by atoms with E-state index in [0.29, 0.717) is 12.0 Å². The van der Waals surface area contributed by atoms with Crippen molar-refractivity contribution in [2.24, 2.45) is 11.8 Å². The Labute approximate surface area is 118 Å². The quantitative estimate of drug-likeness (QED) is 0.600. The van der Waals surface area contributed by atoms with Crippen molar-refractivity contribution in [1.82, 2.24) is 5.43 Å². The molecule has 1 rings (SSSR count). The maximum Gasteiger partial charge on any atom is 0.119 e. The smallest absolute Gasteiger partial charge is 0.119 e. The van der Waals surface area contributed by atoms with Gasteiger partial charge in [0.15, 0.2) is 0 Å². The van der Waals surface area contributed by atoms with E-state index in [9.17, 15) is 0 Å². The van der Waals surface area contributed by atoms with Crippen molar-refractivity contribution in [2.75, 3.05) is 7.11 Å². The summed E-state index contributed by atoms with van der Waals surface area (Å²) in [6.07, 6.45) is 3.16. The number of nitrogens with one attached hydrogen (secondary N) is 1. The first-order chi connectivity index (χ1) is 8.56. The normalized spacial score (nSPS) is 12.8. The first kappa shape index (κ1) is 15.5. The highest BCUT2D eigenvalue weighted by atomic mass is 79.9. The Morgan fingerprint density at radius 3 is 2.61 bits per heavy atom. The fourth-order valence-corrected chi connectivity index (χ4v) is 2.29. The molecule has 102 valence electrons. The van der Waals surface area contributed by atoms with Crippen LogP contribution in [0.5, 0.6) is 5.75 Å². The molecule has 0 bridgehead atoms. The maximum absolute atomic E-state index is 5.63. The van der Waals surface area contributed by atoms with Crippen molar-refractivity contribution >= 4 is 15.9 Å². The molecular formula is C14H23BrN2O. The lowest BCUT2D eigenvalue weighted by Gasteiger charge is -2.18. The number of hydrogen-bond donors (Lipinski definition) is 2. The average Bonchev–Trinajstić information content (AvgIpc) is 2.36. The summed E-state index contributed by atoms with van der Waals surface area (Å²) in [5.74, 6) is 7.22. The molecule has 0 saturated heterocycles. The molecule has 18 heavy (non-hydrogen) atoms. The number of hydrogen-bond acceptors (Lipinski definition) is 3. The van der Waals surface area contributed by atoms with E-state index < -0.39 is 0 Å². The van der Waals surface area contributed by atoms with Crippen LogP contribution in [0.15, 0.2) is 22.7 Å². The summed E-state index contributed by atoms with van der Waals surface area (Å²) in [7, 11) is 1.68. The topological polar surface area (TPSA) is 47.3 Å². The van der Waals surface area contributed by atoms with Gasteiger partial charge in [-0.05, 0) is 48.9 Å². The minimum absolute atomic E-state index is 0.302. The fraction of sp³-hybridized carbons (Fsp3) is 0.571. The maximum atomic E-state index is 5.63. The van der Waals surface area contributed by atoms with Crippen molar-refractivity contribution < 1.29 is 4.74 Å². The third-order valence-electron chi connectivity index (χ3n) is 3.05. The third-order valence-corrected chi connectivity index (χ3v) is 3.82. The molecule has 0 aliphatic heterocycles. The van der Waals surface area contributed by atoms with Crippen molar-refractivity contribution in [3.05, 3.63) is 28.2 Å².